The zero-order valence-corrected chi connectivity index (χ0v) is 12.7. The van der Waals surface area contributed by atoms with Crippen molar-refractivity contribution in [2.75, 3.05) is 7.05 Å². The molecule has 1 aromatic carbocycles. The van der Waals surface area contributed by atoms with E-state index in [2.05, 4.69) is 9.44 Å². The molecule has 9 heteroatoms. The number of sulfonamides is 2. The fourth-order valence-electron chi connectivity index (χ4n) is 1.58. The number of hydrogen-bond acceptors (Lipinski definition) is 5. The number of rotatable bonds is 6. The van der Waals surface area contributed by atoms with Gasteiger partial charge in [-0.2, -0.15) is 0 Å². The monoisotopic (exact) mass is 330 g/mol. The molecule has 0 fully saturated rings. The molecule has 7 nitrogen and oxygen atoms in total. The van der Waals surface area contributed by atoms with E-state index in [9.17, 15) is 16.8 Å². The van der Waals surface area contributed by atoms with E-state index >= 15 is 0 Å². The van der Waals surface area contributed by atoms with Gasteiger partial charge in [0.25, 0.3) is 0 Å². The Morgan fingerprint density at radius 3 is 2.00 bits per heavy atom. The molecule has 0 aliphatic heterocycles. The summed E-state index contributed by atoms with van der Waals surface area (Å²) >= 11 is 0. The zero-order chi connectivity index (χ0) is 15.5. The molecule has 0 saturated carbocycles. The first kappa shape index (κ1) is 15.7. The minimum Gasteiger partial charge on any atom is -0.468 e. The Bertz CT molecular complexity index is 794. The highest BCUT2D eigenvalue weighted by Crippen LogP contribution is 2.14. The average molecular weight is 330 g/mol. The van der Waals surface area contributed by atoms with Crippen molar-refractivity contribution < 1.29 is 21.3 Å². The van der Waals surface area contributed by atoms with Crippen LogP contribution in [0, 0.1) is 0 Å². The third-order valence-corrected chi connectivity index (χ3v) is 5.58. The third kappa shape index (κ3) is 3.70. The minimum absolute atomic E-state index is 0.00464. The molecule has 0 spiro atoms. The van der Waals surface area contributed by atoms with Gasteiger partial charge in [0.05, 0.1) is 22.6 Å². The van der Waals surface area contributed by atoms with Crippen LogP contribution < -0.4 is 9.44 Å². The molecular formula is C12H14N2O5S2. The summed E-state index contributed by atoms with van der Waals surface area (Å²) in [5, 5.41) is 0. The normalized spacial score (nSPS) is 12.4. The van der Waals surface area contributed by atoms with Crippen molar-refractivity contribution in [1.29, 1.82) is 0 Å². The Balaban J connectivity index is 2.17. The van der Waals surface area contributed by atoms with Gasteiger partial charge in [0.1, 0.15) is 5.76 Å². The molecule has 2 rings (SSSR count). The maximum Gasteiger partial charge on any atom is 0.240 e. The lowest BCUT2D eigenvalue weighted by Gasteiger charge is -2.07. The lowest BCUT2D eigenvalue weighted by Crippen LogP contribution is -2.23. The second-order valence-electron chi connectivity index (χ2n) is 4.08. The van der Waals surface area contributed by atoms with Gasteiger partial charge in [-0.15, -0.1) is 0 Å². The summed E-state index contributed by atoms with van der Waals surface area (Å²) in [6.45, 7) is 0.0197. The van der Waals surface area contributed by atoms with Crippen molar-refractivity contribution in [2.45, 2.75) is 16.3 Å². The molecule has 0 unspecified atom stereocenters. The number of nitrogens with one attached hydrogen (secondary N) is 2. The van der Waals surface area contributed by atoms with E-state index < -0.39 is 20.0 Å². The highest BCUT2D eigenvalue weighted by atomic mass is 32.2. The van der Waals surface area contributed by atoms with Crippen molar-refractivity contribution in [1.82, 2.24) is 9.44 Å². The zero-order valence-electron chi connectivity index (χ0n) is 11.1. The summed E-state index contributed by atoms with van der Waals surface area (Å²) in [5.74, 6) is 0.480. The molecule has 114 valence electrons. The van der Waals surface area contributed by atoms with Gasteiger partial charge in [0, 0.05) is 0 Å². The van der Waals surface area contributed by atoms with Gasteiger partial charge in [-0.3, -0.25) is 0 Å². The molecular weight excluding hydrogens is 316 g/mol. The second kappa shape index (κ2) is 5.98. The van der Waals surface area contributed by atoms with Gasteiger partial charge in [-0.05, 0) is 43.4 Å². The topological polar surface area (TPSA) is 105 Å². The molecule has 2 N–H and O–H groups in total. The first-order chi connectivity index (χ1) is 9.85. The lowest BCUT2D eigenvalue weighted by atomic mass is 10.4. The van der Waals surface area contributed by atoms with Gasteiger partial charge < -0.3 is 4.42 Å². The largest absolute Gasteiger partial charge is 0.468 e. The van der Waals surface area contributed by atoms with E-state index in [1.807, 2.05) is 0 Å². The average Bonchev–Trinajstić information content (AvgIpc) is 2.99. The van der Waals surface area contributed by atoms with Gasteiger partial charge in [-0.1, -0.05) is 0 Å². The van der Waals surface area contributed by atoms with Crippen LogP contribution in [0.25, 0.3) is 0 Å². The lowest BCUT2D eigenvalue weighted by molar-refractivity contribution is 0.498. The summed E-state index contributed by atoms with van der Waals surface area (Å²) in [6.07, 6.45) is 1.45. The molecule has 0 aliphatic carbocycles. The van der Waals surface area contributed by atoms with Crippen LogP contribution in [0.3, 0.4) is 0 Å². The van der Waals surface area contributed by atoms with Crippen LogP contribution in [0.4, 0.5) is 0 Å². The molecule has 0 bridgehead atoms. The third-order valence-electron chi connectivity index (χ3n) is 2.73. The van der Waals surface area contributed by atoms with Crippen LogP contribution in [-0.4, -0.2) is 23.9 Å². The second-order valence-corrected chi connectivity index (χ2v) is 7.74. The Labute approximate surface area is 123 Å². The molecule has 0 aliphatic rings. The van der Waals surface area contributed by atoms with E-state index in [-0.39, 0.29) is 16.3 Å². The van der Waals surface area contributed by atoms with Crippen molar-refractivity contribution in [2.24, 2.45) is 0 Å². The van der Waals surface area contributed by atoms with E-state index in [1.54, 1.807) is 12.1 Å². The van der Waals surface area contributed by atoms with Crippen LogP contribution in [0.2, 0.25) is 0 Å². The molecule has 0 amide bonds. The Morgan fingerprint density at radius 2 is 1.52 bits per heavy atom. The Hall–Kier alpha value is -1.68. The first-order valence-corrected chi connectivity index (χ1v) is 8.87. The summed E-state index contributed by atoms with van der Waals surface area (Å²) in [4.78, 5) is -0.0286. The first-order valence-electron chi connectivity index (χ1n) is 5.91. The molecule has 1 heterocycles. The molecule has 0 atom stereocenters. The quantitative estimate of drug-likeness (QED) is 0.810. The summed E-state index contributed by atoms with van der Waals surface area (Å²) in [6, 6.07) is 8.22. The maximum absolute atomic E-state index is 12.0. The minimum atomic E-state index is -3.73. The fraction of sp³-hybridized carbons (Fsp3) is 0.167. The molecule has 2 aromatic rings. The molecule has 21 heavy (non-hydrogen) atoms. The fourth-order valence-corrected chi connectivity index (χ4v) is 3.30. The molecule has 0 saturated heterocycles. The van der Waals surface area contributed by atoms with E-state index in [1.165, 1.54) is 37.6 Å². The van der Waals surface area contributed by atoms with Gasteiger partial charge in [0.2, 0.25) is 20.0 Å². The van der Waals surface area contributed by atoms with E-state index in [0.29, 0.717) is 5.76 Å². The highest BCUT2D eigenvalue weighted by Gasteiger charge is 2.17. The Kier molecular flexibility index (Phi) is 4.47. The standard InChI is InChI=1S/C12H14N2O5S2/c1-13-20(15,16)11-4-6-12(7-5-11)21(17,18)14-9-10-3-2-8-19-10/h2-8,13-14H,9H2,1H3. The number of hydrogen-bond donors (Lipinski definition) is 2. The molecule has 1 aromatic heterocycles. The van der Waals surface area contributed by atoms with Crippen molar-refractivity contribution in [3.63, 3.8) is 0 Å². The van der Waals surface area contributed by atoms with E-state index in [0.717, 1.165) is 0 Å². The van der Waals surface area contributed by atoms with Crippen molar-refractivity contribution >= 4 is 20.0 Å². The summed E-state index contributed by atoms with van der Waals surface area (Å²) in [5.41, 5.74) is 0. The van der Waals surface area contributed by atoms with E-state index in [4.69, 9.17) is 4.42 Å². The van der Waals surface area contributed by atoms with Crippen LogP contribution in [0.5, 0.6) is 0 Å². The molecule has 0 radical (unpaired) electrons. The van der Waals surface area contributed by atoms with Crippen molar-refractivity contribution in [3.8, 4) is 0 Å². The SMILES string of the molecule is CNS(=O)(=O)c1ccc(S(=O)(=O)NCc2ccco2)cc1. The maximum atomic E-state index is 12.0. The Morgan fingerprint density at radius 1 is 0.952 bits per heavy atom. The predicted molar refractivity (Wildman–Crippen MR) is 75.4 cm³/mol. The summed E-state index contributed by atoms with van der Waals surface area (Å²) in [7, 11) is -6.04. The van der Waals surface area contributed by atoms with Crippen LogP contribution >= 0.6 is 0 Å². The predicted octanol–water partition coefficient (Wildman–Crippen LogP) is 0.666. The van der Waals surface area contributed by atoms with Gasteiger partial charge >= 0.3 is 0 Å². The number of benzene rings is 1. The number of furan rings is 1. The van der Waals surface area contributed by atoms with Gasteiger partial charge in [0.15, 0.2) is 0 Å². The van der Waals surface area contributed by atoms with Crippen molar-refractivity contribution in [3.05, 3.63) is 48.4 Å². The van der Waals surface area contributed by atoms with Crippen LogP contribution in [-0.2, 0) is 26.6 Å². The highest BCUT2D eigenvalue weighted by molar-refractivity contribution is 7.90. The van der Waals surface area contributed by atoms with Crippen LogP contribution in [0.15, 0.2) is 56.9 Å². The smallest absolute Gasteiger partial charge is 0.240 e. The van der Waals surface area contributed by atoms with Crippen LogP contribution in [0.1, 0.15) is 5.76 Å². The van der Waals surface area contributed by atoms with Gasteiger partial charge in [-0.25, -0.2) is 26.3 Å². The summed E-state index contributed by atoms with van der Waals surface area (Å²) < 4.78 is 56.7.